The molecule has 0 atom stereocenters. The molecule has 0 unspecified atom stereocenters. The number of rotatable bonds is 6. The Hall–Kier alpha value is -1.50. The summed E-state index contributed by atoms with van der Waals surface area (Å²) in [5, 5.41) is 8.30. The lowest BCUT2D eigenvalue weighted by atomic mass is 10.2. The molecule has 1 aromatic carbocycles. The van der Waals surface area contributed by atoms with Crippen LogP contribution in [0.15, 0.2) is 22.6 Å². The van der Waals surface area contributed by atoms with E-state index in [0.717, 1.165) is 5.56 Å². The first kappa shape index (κ1) is 17.6. The van der Waals surface area contributed by atoms with Crippen LogP contribution >= 0.6 is 24.0 Å². The summed E-state index contributed by atoms with van der Waals surface area (Å²) < 4.78 is 11.0. The molecule has 0 radical (unpaired) electrons. The molecule has 2 aromatic rings. The first-order valence-electron chi connectivity index (χ1n) is 6.22. The fourth-order valence-electron chi connectivity index (χ4n) is 1.59. The van der Waals surface area contributed by atoms with E-state index in [2.05, 4.69) is 10.2 Å². The van der Waals surface area contributed by atoms with Crippen LogP contribution in [0.5, 0.6) is 5.75 Å². The predicted octanol–water partition coefficient (Wildman–Crippen LogP) is 2.43. The molecule has 0 fully saturated rings. The zero-order valence-corrected chi connectivity index (χ0v) is 13.4. The van der Waals surface area contributed by atoms with Crippen LogP contribution in [0.25, 0.3) is 0 Å². The highest BCUT2D eigenvalue weighted by atomic mass is 35.5. The van der Waals surface area contributed by atoms with Gasteiger partial charge in [0, 0.05) is 7.05 Å². The monoisotopic (exact) mass is 332 g/mol. The van der Waals surface area contributed by atoms with Crippen molar-refractivity contribution in [2.45, 2.75) is 13.5 Å². The number of likely N-dealkylation sites (N-methyl/N-ethyl adjacent to an activating group) is 1. The summed E-state index contributed by atoms with van der Waals surface area (Å²) in [6.07, 6.45) is 0. The van der Waals surface area contributed by atoms with E-state index in [1.165, 1.54) is 0 Å². The Morgan fingerprint density at radius 2 is 2.14 bits per heavy atom. The second-order valence-electron chi connectivity index (χ2n) is 4.39. The third-order valence-electron chi connectivity index (χ3n) is 2.73. The van der Waals surface area contributed by atoms with Gasteiger partial charge in [-0.15, -0.1) is 17.5 Å². The molecule has 8 heteroatoms. The van der Waals surface area contributed by atoms with E-state index >= 15 is 0 Å². The Labute approximate surface area is 134 Å². The molecule has 1 aromatic heterocycles. The summed E-state index contributed by atoms with van der Waals surface area (Å²) in [7, 11) is 1.84. The fourth-order valence-corrected chi connectivity index (χ4v) is 1.88. The Kier molecular flexibility index (Phi) is 6.74. The molecule has 116 valence electrons. The summed E-state index contributed by atoms with van der Waals surface area (Å²) in [6, 6.07) is 6.10. The molecule has 0 bridgehead atoms. The third-order valence-corrected chi connectivity index (χ3v) is 3.02. The molecule has 0 saturated carbocycles. The molecule has 0 spiro atoms. The molecule has 2 rings (SSSR count). The van der Waals surface area contributed by atoms with E-state index < -0.39 is 0 Å². The van der Waals surface area contributed by atoms with E-state index in [9.17, 15) is 0 Å². The number of benzene rings is 1. The van der Waals surface area contributed by atoms with Gasteiger partial charge in [-0.1, -0.05) is 22.8 Å². The van der Waals surface area contributed by atoms with Gasteiger partial charge < -0.3 is 19.8 Å². The highest BCUT2D eigenvalue weighted by Gasteiger charge is 2.10. The summed E-state index contributed by atoms with van der Waals surface area (Å²) in [6.45, 7) is 3.26. The summed E-state index contributed by atoms with van der Waals surface area (Å²) in [5.41, 5.74) is 6.51. The van der Waals surface area contributed by atoms with Crippen LogP contribution in [-0.2, 0) is 6.54 Å². The zero-order chi connectivity index (χ0) is 14.5. The number of hydrogen-bond donors (Lipinski definition) is 1. The summed E-state index contributed by atoms with van der Waals surface area (Å²) >= 11 is 6.09. The maximum atomic E-state index is 6.09. The summed E-state index contributed by atoms with van der Waals surface area (Å²) in [4.78, 5) is 1.80. The number of hydrogen-bond acceptors (Lipinski definition) is 6. The quantitative estimate of drug-likeness (QED) is 0.875. The zero-order valence-electron chi connectivity index (χ0n) is 11.9. The molecule has 21 heavy (non-hydrogen) atoms. The standard InChI is InChI=1S/C13H17ClN4O2.ClH/c1-9-3-4-11(10(14)7-9)19-6-5-18(2)13-17-16-12(8-15)20-13;/h3-4,7H,5-6,8,15H2,1-2H3;1H. The van der Waals surface area contributed by atoms with Crippen molar-refractivity contribution in [1.82, 2.24) is 10.2 Å². The predicted molar refractivity (Wildman–Crippen MR) is 84.4 cm³/mol. The Bertz CT molecular complexity index is 577. The van der Waals surface area contributed by atoms with Gasteiger partial charge in [-0.25, -0.2) is 0 Å². The highest BCUT2D eigenvalue weighted by molar-refractivity contribution is 6.32. The number of aromatic nitrogens is 2. The number of aryl methyl sites for hydroxylation is 1. The molecule has 0 aliphatic heterocycles. The maximum Gasteiger partial charge on any atom is 0.318 e. The van der Waals surface area contributed by atoms with Crippen LogP contribution in [0.2, 0.25) is 5.02 Å². The molecule has 1 heterocycles. The van der Waals surface area contributed by atoms with Gasteiger partial charge in [0.05, 0.1) is 18.1 Å². The summed E-state index contributed by atoms with van der Waals surface area (Å²) in [5.74, 6) is 1.08. The van der Waals surface area contributed by atoms with Gasteiger partial charge in [0.1, 0.15) is 12.4 Å². The third kappa shape index (κ3) is 4.77. The first-order valence-corrected chi connectivity index (χ1v) is 6.60. The molecule has 6 nitrogen and oxygen atoms in total. The lowest BCUT2D eigenvalue weighted by molar-refractivity contribution is 0.322. The van der Waals surface area contributed by atoms with Crippen molar-refractivity contribution in [2.24, 2.45) is 5.73 Å². The average molecular weight is 333 g/mol. The van der Waals surface area contributed by atoms with Gasteiger partial charge in [-0.3, -0.25) is 0 Å². The molecular formula is C13H18Cl2N4O2. The SMILES string of the molecule is Cc1ccc(OCCN(C)c2nnc(CN)o2)c(Cl)c1.Cl. The minimum atomic E-state index is 0. The van der Waals surface area contributed by atoms with Crippen molar-refractivity contribution in [1.29, 1.82) is 0 Å². The minimum absolute atomic E-state index is 0. The number of nitrogens with two attached hydrogens (primary N) is 1. The molecule has 0 amide bonds. The average Bonchev–Trinajstić information content (AvgIpc) is 2.90. The topological polar surface area (TPSA) is 77.4 Å². The van der Waals surface area contributed by atoms with Crippen molar-refractivity contribution in [3.8, 4) is 5.75 Å². The Balaban J connectivity index is 0.00000220. The van der Waals surface area contributed by atoms with E-state index in [4.69, 9.17) is 26.5 Å². The lowest BCUT2D eigenvalue weighted by Crippen LogP contribution is -2.24. The number of halogens is 2. The van der Waals surface area contributed by atoms with Crippen LogP contribution in [0.1, 0.15) is 11.5 Å². The van der Waals surface area contributed by atoms with Crippen LogP contribution < -0.4 is 15.4 Å². The number of nitrogens with zero attached hydrogens (tertiary/aromatic N) is 3. The van der Waals surface area contributed by atoms with Crippen LogP contribution in [-0.4, -0.2) is 30.4 Å². The minimum Gasteiger partial charge on any atom is -0.490 e. The highest BCUT2D eigenvalue weighted by Crippen LogP contribution is 2.25. The second kappa shape index (κ2) is 8.07. The molecule has 0 aliphatic carbocycles. The van der Waals surface area contributed by atoms with Gasteiger partial charge in [-0.05, 0) is 24.6 Å². The van der Waals surface area contributed by atoms with E-state index in [-0.39, 0.29) is 19.0 Å². The first-order chi connectivity index (χ1) is 9.60. The van der Waals surface area contributed by atoms with Gasteiger partial charge in [0.2, 0.25) is 5.89 Å². The van der Waals surface area contributed by atoms with Crippen molar-refractivity contribution in [2.75, 3.05) is 25.1 Å². The molecule has 0 saturated heterocycles. The Morgan fingerprint density at radius 1 is 1.38 bits per heavy atom. The number of ether oxygens (including phenoxy) is 1. The normalized spacial score (nSPS) is 10.1. The smallest absolute Gasteiger partial charge is 0.318 e. The molecular weight excluding hydrogens is 315 g/mol. The maximum absolute atomic E-state index is 6.09. The van der Waals surface area contributed by atoms with E-state index in [1.807, 2.05) is 32.2 Å². The van der Waals surface area contributed by atoms with Gasteiger partial charge in [0.25, 0.3) is 0 Å². The van der Waals surface area contributed by atoms with Crippen molar-refractivity contribution >= 4 is 30.0 Å². The van der Waals surface area contributed by atoms with E-state index in [1.54, 1.807) is 4.90 Å². The second-order valence-corrected chi connectivity index (χ2v) is 4.79. The van der Waals surface area contributed by atoms with Gasteiger partial charge in [0.15, 0.2) is 0 Å². The fraction of sp³-hybridized carbons (Fsp3) is 0.385. The Morgan fingerprint density at radius 3 is 2.76 bits per heavy atom. The van der Waals surface area contributed by atoms with Crippen molar-refractivity contribution in [3.63, 3.8) is 0 Å². The van der Waals surface area contributed by atoms with Crippen LogP contribution in [0.3, 0.4) is 0 Å². The van der Waals surface area contributed by atoms with Crippen molar-refractivity contribution < 1.29 is 9.15 Å². The number of anilines is 1. The largest absolute Gasteiger partial charge is 0.490 e. The van der Waals surface area contributed by atoms with Gasteiger partial charge >= 0.3 is 6.01 Å². The molecule has 0 aliphatic rings. The van der Waals surface area contributed by atoms with Gasteiger partial charge in [-0.2, -0.15) is 0 Å². The van der Waals surface area contributed by atoms with E-state index in [0.29, 0.717) is 35.8 Å². The van der Waals surface area contributed by atoms with Crippen LogP contribution in [0.4, 0.5) is 6.01 Å². The van der Waals surface area contributed by atoms with Crippen molar-refractivity contribution in [3.05, 3.63) is 34.7 Å². The van der Waals surface area contributed by atoms with Crippen LogP contribution in [0, 0.1) is 6.92 Å². The lowest BCUT2D eigenvalue weighted by Gasteiger charge is -2.15. The molecule has 2 N–H and O–H groups in total.